The third-order valence-electron chi connectivity index (χ3n) is 10.8. The molecule has 0 unspecified atom stereocenters. The Labute approximate surface area is 323 Å². The van der Waals surface area contributed by atoms with Crippen LogP contribution in [0.25, 0.3) is 106 Å². The first kappa shape index (κ1) is 31.9. The Balaban J connectivity index is 1.08. The van der Waals surface area contributed by atoms with Crippen LogP contribution in [0.2, 0.25) is 0 Å². The highest BCUT2D eigenvalue weighted by Crippen LogP contribution is 2.41. The first-order valence-corrected chi connectivity index (χ1v) is 18.9. The predicted molar refractivity (Wildman–Crippen MR) is 231 cm³/mol. The highest BCUT2D eigenvalue weighted by molar-refractivity contribution is 6.14. The summed E-state index contributed by atoms with van der Waals surface area (Å²) in [4.78, 5) is 10.3. The second-order valence-electron chi connectivity index (χ2n) is 14.2. The maximum atomic E-state index is 6.66. The number of nitrogens with zero attached hydrogens (tertiary/aromatic N) is 3. The Hall–Kier alpha value is -7.56. The van der Waals surface area contributed by atoms with E-state index in [0.717, 1.165) is 66.8 Å². The molecule has 0 aliphatic heterocycles. The molecule has 262 valence electrons. The SMILES string of the molecule is c1ccc(-c2cccc(-c3nc(-c4ccccc4)nc4c3oc3ccc(-c5cccc(-c6cccc7c8ccccc8n(-c8ccccc8)c67)c5)cc34)c2)cc1. The number of benzene rings is 8. The van der Waals surface area contributed by atoms with Crippen LogP contribution in [0.4, 0.5) is 0 Å². The normalized spacial score (nSPS) is 11.6. The number of aromatic nitrogens is 3. The van der Waals surface area contributed by atoms with Crippen molar-refractivity contribution in [1.82, 2.24) is 14.5 Å². The zero-order valence-corrected chi connectivity index (χ0v) is 30.3. The van der Waals surface area contributed by atoms with Crippen molar-refractivity contribution in [3.63, 3.8) is 0 Å². The van der Waals surface area contributed by atoms with Crippen LogP contribution in [-0.2, 0) is 0 Å². The fraction of sp³-hybridized carbons (Fsp3) is 0. The molecule has 56 heavy (non-hydrogen) atoms. The largest absolute Gasteiger partial charge is 0.452 e. The molecule has 0 saturated carbocycles. The van der Waals surface area contributed by atoms with Crippen molar-refractivity contribution in [1.29, 1.82) is 0 Å². The molecular formula is C52H33N3O. The molecular weight excluding hydrogens is 683 g/mol. The van der Waals surface area contributed by atoms with Crippen LogP contribution in [0.5, 0.6) is 0 Å². The van der Waals surface area contributed by atoms with Gasteiger partial charge in [0.2, 0.25) is 0 Å². The Morgan fingerprint density at radius 2 is 0.982 bits per heavy atom. The van der Waals surface area contributed by atoms with Crippen LogP contribution >= 0.6 is 0 Å². The smallest absolute Gasteiger partial charge is 0.180 e. The summed E-state index contributed by atoms with van der Waals surface area (Å²) in [6.07, 6.45) is 0. The minimum atomic E-state index is 0.662. The second kappa shape index (κ2) is 13.1. The number of hydrogen-bond acceptors (Lipinski definition) is 3. The van der Waals surface area contributed by atoms with Gasteiger partial charge in [0.25, 0.3) is 0 Å². The zero-order chi connectivity index (χ0) is 37.0. The van der Waals surface area contributed by atoms with Crippen LogP contribution in [0.1, 0.15) is 0 Å². The van der Waals surface area contributed by atoms with E-state index in [9.17, 15) is 0 Å². The molecule has 11 rings (SSSR count). The summed E-state index contributed by atoms with van der Waals surface area (Å²) in [6.45, 7) is 0. The summed E-state index contributed by atoms with van der Waals surface area (Å²) in [5.41, 5.74) is 15.3. The molecule has 0 spiro atoms. The molecule has 0 radical (unpaired) electrons. The van der Waals surface area contributed by atoms with Crippen molar-refractivity contribution < 1.29 is 4.42 Å². The molecule has 11 aromatic rings. The molecule has 4 heteroatoms. The fourth-order valence-corrected chi connectivity index (χ4v) is 8.17. The number of furan rings is 1. The minimum Gasteiger partial charge on any atom is -0.452 e. The molecule has 0 fully saturated rings. The first-order chi connectivity index (χ1) is 27.8. The van der Waals surface area contributed by atoms with Crippen LogP contribution < -0.4 is 0 Å². The number of para-hydroxylation sites is 3. The summed E-state index contributed by atoms with van der Waals surface area (Å²) >= 11 is 0. The van der Waals surface area contributed by atoms with Crippen molar-refractivity contribution in [3.05, 3.63) is 200 Å². The van der Waals surface area contributed by atoms with Gasteiger partial charge >= 0.3 is 0 Å². The van der Waals surface area contributed by atoms with Gasteiger partial charge < -0.3 is 8.98 Å². The number of fused-ring (bicyclic) bond motifs is 6. The lowest BCUT2D eigenvalue weighted by atomic mass is 9.96. The first-order valence-electron chi connectivity index (χ1n) is 18.9. The lowest BCUT2D eigenvalue weighted by Gasteiger charge is -2.12. The predicted octanol–water partition coefficient (Wildman–Crippen LogP) is 13.8. The Morgan fingerprint density at radius 3 is 1.79 bits per heavy atom. The van der Waals surface area contributed by atoms with Crippen molar-refractivity contribution in [2.75, 3.05) is 0 Å². The summed E-state index contributed by atoms with van der Waals surface area (Å²) < 4.78 is 9.06. The van der Waals surface area contributed by atoms with Crippen molar-refractivity contribution >= 4 is 43.9 Å². The molecule has 0 atom stereocenters. The molecule has 3 aromatic heterocycles. The highest BCUT2D eigenvalue weighted by Gasteiger charge is 2.20. The van der Waals surface area contributed by atoms with E-state index in [-0.39, 0.29) is 0 Å². The van der Waals surface area contributed by atoms with E-state index >= 15 is 0 Å². The molecule has 0 aliphatic rings. The van der Waals surface area contributed by atoms with Gasteiger partial charge in [-0.15, -0.1) is 0 Å². The summed E-state index contributed by atoms with van der Waals surface area (Å²) in [5.74, 6) is 0.662. The van der Waals surface area contributed by atoms with Crippen molar-refractivity contribution in [2.24, 2.45) is 0 Å². The molecule has 3 heterocycles. The van der Waals surface area contributed by atoms with E-state index < -0.39 is 0 Å². The van der Waals surface area contributed by atoms with Gasteiger partial charge in [-0.05, 0) is 70.3 Å². The standard InChI is InChI=1S/C52H33N3O/c1-4-15-34(16-5-1)36-19-13-22-40(32-36)48-51-49(54-52(53-48)35-17-6-2-7-18-35)45-33-38(29-30-47(45)56-51)37-20-12-21-39(31-37)42-26-14-27-44-43-25-10-11-28-46(43)55(50(42)44)41-23-8-3-9-24-41/h1-33H. The summed E-state index contributed by atoms with van der Waals surface area (Å²) in [6, 6.07) is 70.4. The molecule has 0 aliphatic carbocycles. The van der Waals surface area contributed by atoms with Gasteiger partial charge in [0, 0.05) is 38.5 Å². The van der Waals surface area contributed by atoms with E-state index in [0.29, 0.717) is 11.4 Å². The molecule has 0 saturated heterocycles. The van der Waals surface area contributed by atoms with Gasteiger partial charge in [-0.2, -0.15) is 0 Å². The van der Waals surface area contributed by atoms with Gasteiger partial charge in [-0.1, -0.05) is 158 Å². The van der Waals surface area contributed by atoms with Gasteiger partial charge in [0.1, 0.15) is 16.8 Å². The average molecular weight is 716 g/mol. The second-order valence-corrected chi connectivity index (χ2v) is 14.2. The average Bonchev–Trinajstić information content (AvgIpc) is 3.83. The monoisotopic (exact) mass is 715 g/mol. The molecule has 4 nitrogen and oxygen atoms in total. The molecule has 0 bridgehead atoms. The van der Waals surface area contributed by atoms with E-state index in [4.69, 9.17) is 14.4 Å². The lowest BCUT2D eigenvalue weighted by molar-refractivity contribution is 0.667. The van der Waals surface area contributed by atoms with Crippen molar-refractivity contribution in [3.8, 4) is 61.7 Å². The topological polar surface area (TPSA) is 43.9 Å². The Bertz CT molecular complexity index is 3240. The van der Waals surface area contributed by atoms with Crippen LogP contribution in [0, 0.1) is 0 Å². The molecule has 8 aromatic carbocycles. The Morgan fingerprint density at radius 1 is 0.393 bits per heavy atom. The van der Waals surface area contributed by atoms with Crippen LogP contribution in [-0.4, -0.2) is 14.5 Å². The van der Waals surface area contributed by atoms with Crippen molar-refractivity contribution in [2.45, 2.75) is 0 Å². The fourth-order valence-electron chi connectivity index (χ4n) is 8.17. The van der Waals surface area contributed by atoms with Gasteiger partial charge in [-0.3, -0.25) is 0 Å². The van der Waals surface area contributed by atoms with Crippen LogP contribution in [0.15, 0.2) is 205 Å². The van der Waals surface area contributed by atoms with E-state index in [2.05, 4.69) is 180 Å². The minimum absolute atomic E-state index is 0.662. The maximum absolute atomic E-state index is 6.66. The third-order valence-corrected chi connectivity index (χ3v) is 10.8. The highest BCUT2D eigenvalue weighted by atomic mass is 16.3. The van der Waals surface area contributed by atoms with E-state index in [1.165, 1.54) is 27.4 Å². The maximum Gasteiger partial charge on any atom is 0.180 e. The number of hydrogen-bond donors (Lipinski definition) is 0. The third kappa shape index (κ3) is 5.31. The lowest BCUT2D eigenvalue weighted by Crippen LogP contribution is -1.95. The molecule has 0 amide bonds. The van der Waals surface area contributed by atoms with Gasteiger partial charge in [0.15, 0.2) is 11.4 Å². The van der Waals surface area contributed by atoms with Gasteiger partial charge in [-0.25, -0.2) is 9.97 Å². The quantitative estimate of drug-likeness (QED) is 0.172. The summed E-state index contributed by atoms with van der Waals surface area (Å²) in [5, 5.41) is 3.43. The Kier molecular flexibility index (Phi) is 7.46. The van der Waals surface area contributed by atoms with Crippen LogP contribution in [0.3, 0.4) is 0 Å². The summed E-state index contributed by atoms with van der Waals surface area (Å²) in [7, 11) is 0. The van der Waals surface area contributed by atoms with Gasteiger partial charge in [0.05, 0.1) is 11.0 Å². The number of rotatable bonds is 6. The zero-order valence-electron chi connectivity index (χ0n) is 30.3. The van der Waals surface area contributed by atoms with E-state index in [1.807, 2.05) is 24.3 Å². The molecule has 0 N–H and O–H groups in total. The van der Waals surface area contributed by atoms with E-state index in [1.54, 1.807) is 0 Å².